The molecule has 2 rings (SSSR count). The second-order valence-corrected chi connectivity index (χ2v) is 5.81. The molecule has 6 nitrogen and oxygen atoms in total. The predicted molar refractivity (Wildman–Crippen MR) is 77.0 cm³/mol. The number of primary sulfonamides is 1. The molecule has 0 unspecified atom stereocenters. The molecule has 1 aromatic heterocycles. The van der Waals surface area contributed by atoms with Gasteiger partial charge in [0.15, 0.2) is 0 Å². The molecule has 0 aliphatic rings. The number of sulfonamides is 1. The van der Waals surface area contributed by atoms with E-state index in [1.807, 2.05) is 0 Å². The number of benzene rings is 1. The molecule has 0 bridgehead atoms. The predicted octanol–water partition coefficient (Wildman–Crippen LogP) is 1.57. The molecule has 2 aromatic rings. The van der Waals surface area contributed by atoms with Gasteiger partial charge in [-0.05, 0) is 48.4 Å². The topological polar surface area (TPSA) is 99.3 Å². The van der Waals surface area contributed by atoms with Gasteiger partial charge < -0.3 is 4.74 Å². The number of carbonyl (C=O) groups is 1. The van der Waals surface area contributed by atoms with E-state index in [9.17, 15) is 13.2 Å². The Morgan fingerprint density at radius 1 is 1.19 bits per heavy atom. The molecule has 0 saturated carbocycles. The molecule has 7 heteroatoms. The Bertz CT molecular complexity index is 758. The van der Waals surface area contributed by atoms with Gasteiger partial charge in [0.1, 0.15) is 0 Å². The molecular weight excluding hydrogens is 292 g/mol. The molecular formula is C14H14N2O4S. The van der Waals surface area contributed by atoms with E-state index < -0.39 is 16.0 Å². The molecule has 0 atom stereocenters. The summed E-state index contributed by atoms with van der Waals surface area (Å²) in [6, 6.07) is 7.59. The molecule has 0 spiro atoms. The van der Waals surface area contributed by atoms with Crippen molar-refractivity contribution in [1.29, 1.82) is 0 Å². The molecule has 21 heavy (non-hydrogen) atoms. The highest BCUT2D eigenvalue weighted by Crippen LogP contribution is 2.24. The zero-order chi connectivity index (χ0) is 15.5. The van der Waals surface area contributed by atoms with Crippen LogP contribution < -0.4 is 5.14 Å². The minimum Gasteiger partial charge on any atom is -0.462 e. The third-order valence-corrected chi connectivity index (χ3v) is 3.65. The van der Waals surface area contributed by atoms with Gasteiger partial charge >= 0.3 is 5.97 Å². The molecule has 0 saturated heterocycles. The van der Waals surface area contributed by atoms with Gasteiger partial charge in [-0.15, -0.1) is 0 Å². The highest BCUT2D eigenvalue weighted by Gasteiger charge is 2.16. The molecule has 2 N–H and O–H groups in total. The Morgan fingerprint density at radius 2 is 1.86 bits per heavy atom. The first-order chi connectivity index (χ1) is 9.91. The van der Waals surface area contributed by atoms with Crippen LogP contribution in [0, 0.1) is 0 Å². The summed E-state index contributed by atoms with van der Waals surface area (Å²) in [6.45, 7) is 1.87. The maximum absolute atomic E-state index is 11.8. The number of hydrogen-bond donors (Lipinski definition) is 1. The lowest BCUT2D eigenvalue weighted by Gasteiger charge is -2.08. The summed E-state index contributed by atoms with van der Waals surface area (Å²) in [4.78, 5) is 15.6. The highest BCUT2D eigenvalue weighted by atomic mass is 32.2. The van der Waals surface area contributed by atoms with Crippen LogP contribution in [0.2, 0.25) is 0 Å². The van der Waals surface area contributed by atoms with Crippen molar-refractivity contribution in [3.8, 4) is 11.1 Å². The Hall–Kier alpha value is -2.25. The van der Waals surface area contributed by atoms with Gasteiger partial charge in [-0.25, -0.2) is 18.4 Å². The fourth-order valence-electron chi connectivity index (χ4n) is 1.81. The van der Waals surface area contributed by atoms with Gasteiger partial charge in [0, 0.05) is 12.4 Å². The summed E-state index contributed by atoms with van der Waals surface area (Å²) in [5.41, 5.74) is 1.41. The first-order valence-corrected chi connectivity index (χ1v) is 7.72. The van der Waals surface area contributed by atoms with Crippen LogP contribution in [0.1, 0.15) is 17.3 Å². The van der Waals surface area contributed by atoms with Gasteiger partial charge in [-0.3, -0.25) is 4.98 Å². The zero-order valence-electron chi connectivity index (χ0n) is 11.3. The van der Waals surface area contributed by atoms with Gasteiger partial charge in [-0.2, -0.15) is 0 Å². The fraction of sp³-hybridized carbons (Fsp3) is 0.143. The van der Waals surface area contributed by atoms with Crippen molar-refractivity contribution in [3.63, 3.8) is 0 Å². The number of nitrogens with zero attached hydrogens (tertiary/aromatic N) is 1. The smallest absolute Gasteiger partial charge is 0.338 e. The average molecular weight is 306 g/mol. The normalized spacial score (nSPS) is 11.1. The molecule has 0 radical (unpaired) electrons. The van der Waals surface area contributed by atoms with Crippen molar-refractivity contribution in [2.24, 2.45) is 5.14 Å². The second kappa shape index (κ2) is 6.02. The lowest BCUT2D eigenvalue weighted by molar-refractivity contribution is 0.0526. The highest BCUT2D eigenvalue weighted by molar-refractivity contribution is 7.89. The van der Waals surface area contributed by atoms with Crippen molar-refractivity contribution < 1.29 is 17.9 Å². The second-order valence-electron chi connectivity index (χ2n) is 4.25. The van der Waals surface area contributed by atoms with Crippen LogP contribution >= 0.6 is 0 Å². The van der Waals surface area contributed by atoms with Crippen LogP contribution in [0.4, 0.5) is 0 Å². The Kier molecular flexibility index (Phi) is 4.35. The van der Waals surface area contributed by atoms with E-state index >= 15 is 0 Å². The zero-order valence-corrected chi connectivity index (χ0v) is 12.1. The first-order valence-electron chi connectivity index (χ1n) is 6.17. The van der Waals surface area contributed by atoms with E-state index in [1.165, 1.54) is 12.1 Å². The molecule has 1 heterocycles. The van der Waals surface area contributed by atoms with E-state index in [0.717, 1.165) is 5.56 Å². The molecule has 0 amide bonds. The van der Waals surface area contributed by atoms with Crippen LogP contribution in [-0.2, 0) is 14.8 Å². The third kappa shape index (κ3) is 3.65. The van der Waals surface area contributed by atoms with Crippen LogP contribution in [0.25, 0.3) is 11.1 Å². The number of carbonyl (C=O) groups excluding carboxylic acids is 1. The quantitative estimate of drug-likeness (QED) is 0.864. The maximum atomic E-state index is 11.8. The van der Waals surface area contributed by atoms with Gasteiger partial charge in [0.25, 0.3) is 0 Å². The fourth-order valence-corrected chi connectivity index (χ4v) is 2.39. The molecule has 1 aromatic carbocycles. The van der Waals surface area contributed by atoms with Crippen LogP contribution in [0.3, 0.4) is 0 Å². The molecule has 0 aliphatic heterocycles. The van der Waals surface area contributed by atoms with E-state index in [2.05, 4.69) is 4.98 Å². The standard InChI is InChI=1S/C14H14N2O4S/c1-2-20-14(17)12-7-11(10-3-5-16-6-4-10)8-13(9-12)21(15,18)19/h3-9H,2H2,1H3,(H2,15,18,19). The van der Waals surface area contributed by atoms with E-state index in [-0.39, 0.29) is 17.1 Å². The summed E-state index contributed by atoms with van der Waals surface area (Å²) >= 11 is 0. The molecule has 110 valence electrons. The Balaban J connectivity index is 2.61. The summed E-state index contributed by atoms with van der Waals surface area (Å²) in [6.07, 6.45) is 3.14. The lowest BCUT2D eigenvalue weighted by atomic mass is 10.0. The number of nitrogens with two attached hydrogens (primary N) is 1. The first kappa shape index (κ1) is 15.1. The lowest BCUT2D eigenvalue weighted by Crippen LogP contribution is -2.14. The van der Waals surface area contributed by atoms with Gasteiger partial charge in [0.2, 0.25) is 10.0 Å². The largest absolute Gasteiger partial charge is 0.462 e. The van der Waals surface area contributed by atoms with Crippen molar-refractivity contribution in [1.82, 2.24) is 4.98 Å². The Morgan fingerprint density at radius 3 is 2.43 bits per heavy atom. The van der Waals surface area contributed by atoms with Crippen molar-refractivity contribution in [3.05, 3.63) is 48.3 Å². The van der Waals surface area contributed by atoms with Gasteiger partial charge in [-0.1, -0.05) is 0 Å². The summed E-state index contributed by atoms with van der Waals surface area (Å²) in [5, 5.41) is 5.15. The summed E-state index contributed by atoms with van der Waals surface area (Å²) in [5.74, 6) is -0.599. The number of pyridine rings is 1. The van der Waals surface area contributed by atoms with Crippen molar-refractivity contribution in [2.45, 2.75) is 11.8 Å². The van der Waals surface area contributed by atoms with E-state index in [4.69, 9.17) is 9.88 Å². The Labute approximate surface area is 122 Å². The third-order valence-electron chi connectivity index (χ3n) is 2.76. The summed E-state index contributed by atoms with van der Waals surface area (Å²) < 4.78 is 28.0. The SMILES string of the molecule is CCOC(=O)c1cc(-c2ccncc2)cc(S(N)(=O)=O)c1. The summed E-state index contributed by atoms with van der Waals surface area (Å²) in [7, 11) is -3.93. The van der Waals surface area contributed by atoms with Gasteiger partial charge in [0.05, 0.1) is 17.1 Å². The van der Waals surface area contributed by atoms with Crippen LogP contribution in [0.5, 0.6) is 0 Å². The number of aromatic nitrogens is 1. The molecule has 0 aliphatic carbocycles. The number of rotatable bonds is 4. The van der Waals surface area contributed by atoms with Crippen molar-refractivity contribution in [2.75, 3.05) is 6.61 Å². The van der Waals surface area contributed by atoms with E-state index in [0.29, 0.717) is 5.56 Å². The van der Waals surface area contributed by atoms with Crippen LogP contribution in [-0.4, -0.2) is 26.0 Å². The van der Waals surface area contributed by atoms with Crippen molar-refractivity contribution >= 4 is 16.0 Å². The van der Waals surface area contributed by atoms with E-state index in [1.54, 1.807) is 37.5 Å². The number of esters is 1. The maximum Gasteiger partial charge on any atom is 0.338 e. The number of hydrogen-bond acceptors (Lipinski definition) is 5. The molecule has 0 fully saturated rings. The minimum absolute atomic E-state index is 0.134. The number of ether oxygens (including phenoxy) is 1. The monoisotopic (exact) mass is 306 g/mol. The minimum atomic E-state index is -3.93. The van der Waals surface area contributed by atoms with Crippen LogP contribution in [0.15, 0.2) is 47.6 Å². The average Bonchev–Trinajstić information content (AvgIpc) is 2.47.